The third kappa shape index (κ3) is 4.96. The van der Waals surface area contributed by atoms with Gasteiger partial charge in [0.15, 0.2) is 0 Å². The lowest BCUT2D eigenvalue weighted by Crippen LogP contribution is -2.45. The first-order chi connectivity index (χ1) is 18.1. The van der Waals surface area contributed by atoms with Crippen molar-refractivity contribution in [2.24, 2.45) is 5.41 Å². The van der Waals surface area contributed by atoms with Gasteiger partial charge in [0, 0.05) is 36.1 Å². The van der Waals surface area contributed by atoms with Gasteiger partial charge in [-0.2, -0.15) is 10.5 Å². The van der Waals surface area contributed by atoms with Crippen LogP contribution in [0.3, 0.4) is 0 Å². The van der Waals surface area contributed by atoms with Crippen LogP contribution in [0.25, 0.3) is 10.9 Å². The number of hydrogen-bond acceptors (Lipinski definition) is 8. The number of nitrogens with one attached hydrogen (secondary N) is 4. The van der Waals surface area contributed by atoms with Crippen LogP contribution in [0.4, 0.5) is 15.8 Å². The highest BCUT2D eigenvalue weighted by Gasteiger charge is 2.37. The van der Waals surface area contributed by atoms with Gasteiger partial charge in [0.2, 0.25) is 0 Å². The second-order valence-corrected chi connectivity index (χ2v) is 11.0. The molecule has 3 aromatic rings. The minimum absolute atomic E-state index is 0.0493. The van der Waals surface area contributed by atoms with Crippen molar-refractivity contribution in [2.75, 3.05) is 17.2 Å². The van der Waals surface area contributed by atoms with Gasteiger partial charge in [-0.3, -0.25) is 9.99 Å². The second kappa shape index (κ2) is 9.55. The van der Waals surface area contributed by atoms with Crippen molar-refractivity contribution < 1.29 is 4.39 Å². The predicted molar refractivity (Wildman–Crippen MR) is 146 cm³/mol. The van der Waals surface area contributed by atoms with E-state index in [4.69, 9.17) is 7.85 Å². The second-order valence-electron chi connectivity index (χ2n) is 11.0. The molecule has 5 rings (SSSR count). The summed E-state index contributed by atoms with van der Waals surface area (Å²) in [6.45, 7) is 6.89. The van der Waals surface area contributed by atoms with Crippen LogP contribution in [0.2, 0.25) is 0 Å². The summed E-state index contributed by atoms with van der Waals surface area (Å²) in [6.07, 6.45) is 5.55. The zero-order valence-corrected chi connectivity index (χ0v) is 21.6. The number of nitrogens with zero attached hydrogens (tertiary/aromatic N) is 4. The number of rotatable bonds is 7. The lowest BCUT2D eigenvalue weighted by Gasteiger charge is -2.34. The Bertz CT molecular complexity index is 1490. The monoisotopic (exact) mass is 506 g/mol. The first kappa shape index (κ1) is 25.4. The summed E-state index contributed by atoms with van der Waals surface area (Å²) in [6, 6.07) is 14.3. The van der Waals surface area contributed by atoms with Crippen molar-refractivity contribution in [1.29, 1.82) is 10.5 Å². The molecule has 4 N–H and O–H groups in total. The summed E-state index contributed by atoms with van der Waals surface area (Å²) in [5.74, 6) is -0.371. The van der Waals surface area contributed by atoms with Crippen LogP contribution in [0.1, 0.15) is 50.3 Å². The maximum Gasteiger partial charge on any atom is 0.123 e. The summed E-state index contributed by atoms with van der Waals surface area (Å²) in [5, 5.41) is 29.1. The maximum absolute atomic E-state index is 13.8. The van der Waals surface area contributed by atoms with E-state index < -0.39 is 5.44 Å². The van der Waals surface area contributed by atoms with Gasteiger partial charge in [0.1, 0.15) is 25.8 Å². The smallest absolute Gasteiger partial charge is 0.123 e. The van der Waals surface area contributed by atoms with Crippen LogP contribution >= 0.6 is 0 Å². The van der Waals surface area contributed by atoms with Gasteiger partial charge >= 0.3 is 0 Å². The molecule has 2 aliphatic rings. The highest BCUT2D eigenvalue weighted by Crippen LogP contribution is 2.37. The van der Waals surface area contributed by atoms with Crippen molar-refractivity contribution >= 4 is 30.1 Å². The van der Waals surface area contributed by atoms with Crippen molar-refractivity contribution in [2.45, 2.75) is 45.1 Å². The highest BCUT2D eigenvalue weighted by molar-refractivity contribution is 6.19. The predicted octanol–water partition coefficient (Wildman–Crippen LogP) is 4.34. The molecule has 0 saturated heterocycles. The lowest BCUT2D eigenvalue weighted by molar-refractivity contribution is 0.260. The van der Waals surface area contributed by atoms with E-state index in [1.54, 1.807) is 18.2 Å². The Kier molecular flexibility index (Phi) is 6.38. The summed E-state index contributed by atoms with van der Waals surface area (Å²) >= 11 is 0. The number of hydrazine groups is 2. The molecule has 1 fully saturated rings. The van der Waals surface area contributed by atoms with Crippen LogP contribution in [0, 0.1) is 33.9 Å². The van der Waals surface area contributed by atoms with Gasteiger partial charge in [0.05, 0.1) is 33.5 Å². The average Bonchev–Trinajstić information content (AvgIpc) is 3.62. The van der Waals surface area contributed by atoms with Crippen molar-refractivity contribution in [1.82, 2.24) is 21.0 Å². The minimum Gasteiger partial charge on any atom is -0.383 e. The SMILES string of the molecule is [B]C(Nc1cc(C#N)c2ncc(C#N)c(NCC(C)(C)C)c2c1)(C1=CN(C2CC2)NN1)c1ccc(F)cc1. The molecule has 1 unspecified atom stereocenters. The highest BCUT2D eigenvalue weighted by atomic mass is 19.1. The Morgan fingerprint density at radius 1 is 1.13 bits per heavy atom. The average molecular weight is 506 g/mol. The molecule has 0 spiro atoms. The van der Waals surface area contributed by atoms with Crippen molar-refractivity contribution in [3.8, 4) is 12.1 Å². The zero-order valence-electron chi connectivity index (χ0n) is 21.6. The van der Waals surface area contributed by atoms with E-state index in [9.17, 15) is 14.9 Å². The fourth-order valence-corrected chi connectivity index (χ4v) is 4.40. The molecule has 190 valence electrons. The van der Waals surface area contributed by atoms with Crippen LogP contribution in [0.15, 0.2) is 54.5 Å². The molecule has 10 heteroatoms. The topological polar surface area (TPSA) is 112 Å². The Morgan fingerprint density at radius 2 is 1.84 bits per heavy atom. The van der Waals surface area contributed by atoms with Gasteiger partial charge in [-0.25, -0.2) is 4.39 Å². The number of halogens is 1. The van der Waals surface area contributed by atoms with Crippen LogP contribution in [-0.2, 0) is 5.44 Å². The van der Waals surface area contributed by atoms with Gasteiger partial charge in [-0.1, -0.05) is 32.9 Å². The van der Waals surface area contributed by atoms with E-state index in [-0.39, 0.29) is 11.2 Å². The fraction of sp³-hybridized carbons (Fsp3) is 0.321. The number of nitriles is 2. The molecular formula is C28H28BFN8. The Balaban J connectivity index is 1.63. The number of anilines is 2. The quantitative estimate of drug-likeness (QED) is 0.351. The van der Waals surface area contributed by atoms with Gasteiger partial charge in [-0.15, -0.1) is 5.53 Å². The van der Waals surface area contributed by atoms with E-state index in [1.165, 1.54) is 18.3 Å². The van der Waals surface area contributed by atoms with Crippen molar-refractivity contribution in [3.05, 3.63) is 77.0 Å². The Labute approximate surface area is 222 Å². The number of aromatic nitrogens is 1. The number of benzene rings is 2. The van der Waals surface area contributed by atoms with Crippen LogP contribution < -0.4 is 21.6 Å². The molecule has 0 amide bonds. The molecule has 0 bridgehead atoms. The molecule has 1 aromatic heterocycles. The van der Waals surface area contributed by atoms with E-state index in [0.29, 0.717) is 57.3 Å². The Morgan fingerprint density at radius 3 is 2.47 bits per heavy atom. The molecule has 1 atom stereocenters. The van der Waals surface area contributed by atoms with Gasteiger partial charge in [-0.05, 0) is 48.1 Å². The van der Waals surface area contributed by atoms with Gasteiger partial charge < -0.3 is 16.1 Å². The molecule has 1 aliphatic carbocycles. The third-order valence-electron chi connectivity index (χ3n) is 6.60. The molecule has 1 aliphatic heterocycles. The minimum atomic E-state index is -1.30. The normalized spacial score (nSPS) is 16.7. The van der Waals surface area contributed by atoms with Crippen molar-refractivity contribution in [3.63, 3.8) is 0 Å². The summed E-state index contributed by atoms with van der Waals surface area (Å²) in [5.41, 5.74) is 8.54. The van der Waals surface area contributed by atoms with E-state index in [2.05, 4.69) is 59.5 Å². The number of hydrogen-bond donors (Lipinski definition) is 4. The molecule has 38 heavy (non-hydrogen) atoms. The molecule has 1 saturated carbocycles. The van der Waals surface area contributed by atoms with Crippen LogP contribution in [0.5, 0.6) is 0 Å². The third-order valence-corrected chi connectivity index (χ3v) is 6.60. The fourth-order valence-electron chi connectivity index (χ4n) is 4.40. The number of fused-ring (bicyclic) bond motifs is 1. The zero-order chi connectivity index (χ0) is 27.1. The molecule has 8 nitrogen and oxygen atoms in total. The summed E-state index contributed by atoms with van der Waals surface area (Å²) in [4.78, 5) is 4.42. The first-order valence-electron chi connectivity index (χ1n) is 12.5. The van der Waals surface area contributed by atoms with E-state index in [1.807, 2.05) is 17.3 Å². The molecule has 2 aromatic carbocycles. The molecule has 2 radical (unpaired) electrons. The summed E-state index contributed by atoms with van der Waals surface area (Å²) < 4.78 is 13.8. The Hall–Kier alpha value is -4.28. The largest absolute Gasteiger partial charge is 0.383 e. The lowest BCUT2D eigenvalue weighted by atomic mass is 9.69. The molecular weight excluding hydrogens is 478 g/mol. The van der Waals surface area contributed by atoms with Gasteiger partial charge in [0.25, 0.3) is 0 Å². The summed E-state index contributed by atoms with van der Waals surface area (Å²) in [7, 11) is 7.04. The number of pyridine rings is 1. The van der Waals surface area contributed by atoms with E-state index >= 15 is 0 Å². The van der Waals surface area contributed by atoms with Crippen LogP contribution in [-0.4, -0.2) is 30.4 Å². The molecule has 2 heterocycles. The first-order valence-corrected chi connectivity index (χ1v) is 12.5. The maximum atomic E-state index is 13.8. The van der Waals surface area contributed by atoms with E-state index in [0.717, 1.165) is 12.8 Å². The standard InChI is InChI=1S/C28H28BFN8/c1-27(2,3)16-34-26-18(13-32)14-33-25-17(12-31)10-21(11-23(25)26)35-28(29,19-4-6-20(30)7-5-19)24-15-38(37-36-24)22-8-9-22/h4-7,10-11,14-15,22,35-37H,8-9,16H2,1-3H3,(H,33,34).